The highest BCUT2D eigenvalue weighted by atomic mass is 16.6. The molecule has 0 aliphatic heterocycles. The van der Waals surface area contributed by atoms with Crippen molar-refractivity contribution in [3.8, 4) is 0 Å². The largest absolute Gasteiger partial charge is 0.478 e. The lowest BCUT2D eigenvalue weighted by atomic mass is 10.1. The zero-order valence-corrected chi connectivity index (χ0v) is 10.2. The maximum Gasteiger partial charge on any atom is 0.335 e. The Morgan fingerprint density at radius 3 is 2.65 bits per heavy atom. The van der Waals surface area contributed by atoms with E-state index in [1.807, 2.05) is 0 Å². The summed E-state index contributed by atoms with van der Waals surface area (Å²) in [5.74, 6) is -0.769. The fourth-order valence-corrected chi connectivity index (χ4v) is 1.50. The van der Waals surface area contributed by atoms with Gasteiger partial charge < -0.3 is 10.4 Å². The first-order valence-corrected chi connectivity index (χ1v) is 5.59. The van der Waals surface area contributed by atoms with Crippen LogP contribution in [0.4, 0.5) is 11.6 Å². The Labute approximate surface area is 113 Å². The zero-order valence-electron chi connectivity index (χ0n) is 10.2. The molecule has 2 aromatic rings. The Hall–Kier alpha value is -3.03. The van der Waals surface area contributed by atoms with Gasteiger partial charge in [0.15, 0.2) is 0 Å². The van der Waals surface area contributed by atoms with Crippen LogP contribution in [0.2, 0.25) is 0 Å². The quantitative estimate of drug-likeness (QED) is 0.629. The number of benzene rings is 1. The van der Waals surface area contributed by atoms with E-state index in [0.717, 1.165) is 18.0 Å². The first kappa shape index (κ1) is 13.4. The van der Waals surface area contributed by atoms with Gasteiger partial charge in [-0.25, -0.2) is 14.8 Å². The number of carboxylic acid groups (broad SMARTS) is 1. The maximum absolute atomic E-state index is 10.8. The van der Waals surface area contributed by atoms with Gasteiger partial charge in [-0.3, -0.25) is 10.1 Å². The Morgan fingerprint density at radius 1 is 1.35 bits per heavy atom. The standard InChI is InChI=1S/C12H10N4O4/c17-11(18)9-3-1-2-8(4-9)5-13-12-14-6-10(7-15-12)16(19)20/h1-4,6-7H,5H2,(H,17,18)(H,13,14,15). The molecule has 0 aliphatic carbocycles. The van der Waals surface area contributed by atoms with E-state index >= 15 is 0 Å². The summed E-state index contributed by atoms with van der Waals surface area (Å²) in [4.78, 5) is 28.3. The summed E-state index contributed by atoms with van der Waals surface area (Å²) in [5, 5.41) is 22.2. The predicted octanol–water partition coefficient (Wildman–Crippen LogP) is 1.70. The van der Waals surface area contributed by atoms with Crippen molar-refractivity contribution in [1.82, 2.24) is 9.97 Å². The molecule has 0 amide bonds. The van der Waals surface area contributed by atoms with Crippen molar-refractivity contribution in [2.45, 2.75) is 6.54 Å². The zero-order chi connectivity index (χ0) is 14.5. The minimum absolute atomic E-state index is 0.189. The van der Waals surface area contributed by atoms with E-state index in [2.05, 4.69) is 15.3 Å². The molecule has 0 saturated carbocycles. The van der Waals surface area contributed by atoms with Gasteiger partial charge in [0, 0.05) is 6.54 Å². The number of nitrogens with one attached hydrogen (secondary N) is 1. The first-order valence-electron chi connectivity index (χ1n) is 5.59. The first-order chi connectivity index (χ1) is 9.56. The number of carboxylic acids is 1. The van der Waals surface area contributed by atoms with E-state index in [-0.39, 0.29) is 17.2 Å². The topological polar surface area (TPSA) is 118 Å². The third kappa shape index (κ3) is 3.25. The van der Waals surface area contributed by atoms with Crippen LogP contribution in [0.5, 0.6) is 0 Å². The third-order valence-electron chi connectivity index (χ3n) is 2.47. The van der Waals surface area contributed by atoms with Crippen molar-refractivity contribution in [3.63, 3.8) is 0 Å². The van der Waals surface area contributed by atoms with E-state index in [4.69, 9.17) is 5.11 Å². The van der Waals surface area contributed by atoms with Crippen LogP contribution < -0.4 is 5.32 Å². The smallest absolute Gasteiger partial charge is 0.335 e. The average Bonchev–Trinajstić information content (AvgIpc) is 2.46. The summed E-state index contributed by atoms with van der Waals surface area (Å²) in [7, 11) is 0. The number of nitro groups is 1. The third-order valence-corrected chi connectivity index (χ3v) is 2.47. The van der Waals surface area contributed by atoms with Crippen LogP contribution in [0.3, 0.4) is 0 Å². The minimum Gasteiger partial charge on any atom is -0.478 e. The number of rotatable bonds is 5. The summed E-state index contributed by atoms with van der Waals surface area (Å²) in [6, 6.07) is 6.41. The molecule has 102 valence electrons. The van der Waals surface area contributed by atoms with Gasteiger partial charge in [0.2, 0.25) is 5.95 Å². The fourth-order valence-electron chi connectivity index (χ4n) is 1.50. The van der Waals surface area contributed by atoms with Crippen molar-refractivity contribution in [2.24, 2.45) is 0 Å². The van der Waals surface area contributed by atoms with E-state index in [0.29, 0.717) is 6.54 Å². The Morgan fingerprint density at radius 2 is 2.05 bits per heavy atom. The lowest BCUT2D eigenvalue weighted by Gasteiger charge is -2.05. The van der Waals surface area contributed by atoms with Crippen molar-refractivity contribution >= 4 is 17.6 Å². The molecular formula is C12H10N4O4. The molecule has 1 aromatic carbocycles. The van der Waals surface area contributed by atoms with Gasteiger partial charge in [-0.2, -0.15) is 0 Å². The number of anilines is 1. The number of nitrogens with zero attached hydrogens (tertiary/aromatic N) is 3. The van der Waals surface area contributed by atoms with E-state index in [1.54, 1.807) is 12.1 Å². The fraction of sp³-hybridized carbons (Fsp3) is 0.0833. The van der Waals surface area contributed by atoms with Crippen molar-refractivity contribution in [2.75, 3.05) is 5.32 Å². The summed E-state index contributed by atoms with van der Waals surface area (Å²) >= 11 is 0. The molecular weight excluding hydrogens is 264 g/mol. The molecule has 0 unspecified atom stereocenters. The normalized spacial score (nSPS) is 10.0. The van der Waals surface area contributed by atoms with E-state index in [9.17, 15) is 14.9 Å². The van der Waals surface area contributed by atoms with Crippen molar-refractivity contribution in [3.05, 3.63) is 57.9 Å². The van der Waals surface area contributed by atoms with Gasteiger partial charge in [-0.1, -0.05) is 12.1 Å². The van der Waals surface area contributed by atoms with Crippen LogP contribution >= 0.6 is 0 Å². The van der Waals surface area contributed by atoms with Gasteiger partial charge >= 0.3 is 11.7 Å². The molecule has 8 heteroatoms. The second-order valence-electron chi connectivity index (χ2n) is 3.88. The van der Waals surface area contributed by atoms with Crippen LogP contribution in [-0.4, -0.2) is 26.0 Å². The molecule has 1 aromatic heterocycles. The SMILES string of the molecule is O=C(O)c1cccc(CNc2ncc([N+](=O)[O-])cn2)c1. The molecule has 8 nitrogen and oxygen atoms in total. The highest BCUT2D eigenvalue weighted by molar-refractivity contribution is 5.87. The molecule has 0 aliphatic rings. The number of hydrogen-bond acceptors (Lipinski definition) is 6. The molecule has 0 saturated heterocycles. The molecule has 2 N–H and O–H groups in total. The Balaban J connectivity index is 2.03. The molecule has 0 fully saturated rings. The second kappa shape index (κ2) is 5.74. The summed E-state index contributed by atoms with van der Waals surface area (Å²) < 4.78 is 0. The summed E-state index contributed by atoms with van der Waals surface area (Å²) in [6.07, 6.45) is 2.20. The highest BCUT2D eigenvalue weighted by Gasteiger charge is 2.07. The van der Waals surface area contributed by atoms with E-state index in [1.165, 1.54) is 12.1 Å². The molecule has 0 spiro atoms. The van der Waals surface area contributed by atoms with Gasteiger partial charge in [0.1, 0.15) is 12.4 Å². The summed E-state index contributed by atoms with van der Waals surface area (Å²) in [6.45, 7) is 0.318. The Kier molecular flexibility index (Phi) is 3.85. The van der Waals surface area contributed by atoms with E-state index < -0.39 is 10.9 Å². The monoisotopic (exact) mass is 274 g/mol. The average molecular weight is 274 g/mol. The van der Waals surface area contributed by atoms with Crippen LogP contribution in [0.1, 0.15) is 15.9 Å². The summed E-state index contributed by atoms with van der Waals surface area (Å²) in [5.41, 5.74) is 0.740. The lowest BCUT2D eigenvalue weighted by Crippen LogP contribution is -2.05. The van der Waals surface area contributed by atoms with Gasteiger partial charge in [-0.15, -0.1) is 0 Å². The van der Waals surface area contributed by atoms with Gasteiger partial charge in [-0.05, 0) is 17.7 Å². The van der Waals surface area contributed by atoms with Crippen molar-refractivity contribution in [1.29, 1.82) is 0 Å². The lowest BCUT2D eigenvalue weighted by molar-refractivity contribution is -0.385. The molecule has 1 heterocycles. The van der Waals surface area contributed by atoms with Crippen LogP contribution in [0.25, 0.3) is 0 Å². The van der Waals surface area contributed by atoms with Crippen molar-refractivity contribution < 1.29 is 14.8 Å². The minimum atomic E-state index is -1.00. The highest BCUT2D eigenvalue weighted by Crippen LogP contribution is 2.10. The molecule has 0 atom stereocenters. The predicted molar refractivity (Wildman–Crippen MR) is 69.4 cm³/mol. The molecule has 0 radical (unpaired) electrons. The second-order valence-corrected chi connectivity index (χ2v) is 3.88. The number of carbonyl (C=O) groups is 1. The number of aromatic carboxylic acids is 1. The van der Waals surface area contributed by atoms with Gasteiger partial charge in [0.25, 0.3) is 0 Å². The number of hydrogen-bond donors (Lipinski definition) is 2. The van der Waals surface area contributed by atoms with Crippen LogP contribution in [0.15, 0.2) is 36.7 Å². The van der Waals surface area contributed by atoms with Crippen LogP contribution in [0, 0.1) is 10.1 Å². The molecule has 20 heavy (non-hydrogen) atoms. The maximum atomic E-state index is 10.8. The Bertz CT molecular complexity index is 642. The number of aromatic nitrogens is 2. The van der Waals surface area contributed by atoms with Gasteiger partial charge in [0.05, 0.1) is 10.5 Å². The van der Waals surface area contributed by atoms with Crippen LogP contribution in [-0.2, 0) is 6.54 Å². The molecule has 0 bridgehead atoms. The molecule has 2 rings (SSSR count).